The Morgan fingerprint density at radius 3 is 2.77 bits per heavy atom. The maximum absolute atomic E-state index is 13.2. The predicted molar refractivity (Wildman–Crippen MR) is 98.2 cm³/mol. The Morgan fingerprint density at radius 1 is 1.42 bits per heavy atom. The lowest BCUT2D eigenvalue weighted by molar-refractivity contribution is -0.120. The van der Waals surface area contributed by atoms with Crippen molar-refractivity contribution in [3.05, 3.63) is 59.5 Å². The van der Waals surface area contributed by atoms with Crippen LogP contribution in [0.5, 0.6) is 0 Å². The largest absolute Gasteiger partial charge is 0.386 e. The zero-order chi connectivity index (χ0) is 19.1. The standard InChI is InChI=1S/C18H16Cl2FN3O2/c19-17(20)18(26)24-15(8-21)16(25)12-3-1-2-11(4-5-12)13-6-7-14(9-22)23-10-13/h1,3-7,10,15-17,25H,2,8H2,(H,24,26). The highest BCUT2D eigenvalue weighted by atomic mass is 35.5. The summed E-state index contributed by atoms with van der Waals surface area (Å²) in [5.41, 5.74) is 2.51. The Kier molecular flexibility index (Phi) is 7.34. The number of aromatic nitrogens is 1. The summed E-state index contributed by atoms with van der Waals surface area (Å²) in [5, 5.41) is 21.5. The maximum atomic E-state index is 13.2. The molecule has 1 heterocycles. The second-order valence-electron chi connectivity index (χ2n) is 5.52. The first-order chi connectivity index (χ1) is 12.5. The van der Waals surface area contributed by atoms with Gasteiger partial charge in [0.1, 0.15) is 24.5 Å². The number of halogens is 3. The normalized spacial score (nSPS) is 16.2. The van der Waals surface area contributed by atoms with E-state index in [0.29, 0.717) is 17.7 Å². The molecule has 5 nitrogen and oxygen atoms in total. The van der Waals surface area contributed by atoms with E-state index in [1.807, 2.05) is 12.1 Å². The molecule has 0 aromatic carbocycles. The number of pyridine rings is 1. The quantitative estimate of drug-likeness (QED) is 0.725. The number of nitrogens with zero attached hydrogens (tertiary/aromatic N) is 2. The number of alkyl halides is 3. The SMILES string of the molecule is N#Cc1ccc(C2=CC=C(C(O)C(CF)NC(=O)C(Cl)Cl)C=CC2)cn1. The van der Waals surface area contributed by atoms with Crippen molar-refractivity contribution in [1.29, 1.82) is 5.26 Å². The lowest BCUT2D eigenvalue weighted by Gasteiger charge is -2.22. The third-order valence-corrected chi connectivity index (χ3v) is 4.18. The van der Waals surface area contributed by atoms with E-state index in [1.54, 1.807) is 36.6 Å². The van der Waals surface area contributed by atoms with E-state index in [-0.39, 0.29) is 0 Å². The number of rotatable bonds is 6. The third kappa shape index (κ3) is 5.15. The summed E-state index contributed by atoms with van der Waals surface area (Å²) in [7, 11) is 0. The average Bonchev–Trinajstić information content (AvgIpc) is 2.91. The summed E-state index contributed by atoms with van der Waals surface area (Å²) < 4.78 is 13.2. The van der Waals surface area contributed by atoms with Gasteiger partial charge in [-0.1, -0.05) is 53.6 Å². The van der Waals surface area contributed by atoms with Gasteiger partial charge in [-0.25, -0.2) is 9.37 Å². The van der Waals surface area contributed by atoms with E-state index < -0.39 is 29.6 Å². The molecule has 1 aliphatic carbocycles. The van der Waals surface area contributed by atoms with E-state index in [9.17, 15) is 14.3 Å². The Labute approximate surface area is 160 Å². The zero-order valence-electron chi connectivity index (χ0n) is 13.6. The van der Waals surface area contributed by atoms with Crippen LogP contribution in [0, 0.1) is 11.3 Å². The van der Waals surface area contributed by atoms with Gasteiger partial charge in [-0.15, -0.1) is 0 Å². The van der Waals surface area contributed by atoms with E-state index in [4.69, 9.17) is 28.5 Å². The highest BCUT2D eigenvalue weighted by Gasteiger charge is 2.25. The minimum Gasteiger partial charge on any atom is -0.386 e. The molecule has 2 unspecified atom stereocenters. The lowest BCUT2D eigenvalue weighted by Crippen LogP contribution is -2.47. The van der Waals surface area contributed by atoms with E-state index in [1.165, 1.54) is 0 Å². The Morgan fingerprint density at radius 2 is 2.19 bits per heavy atom. The summed E-state index contributed by atoms with van der Waals surface area (Å²) in [4.78, 5) is 14.2. The fraction of sp³-hybridized carbons (Fsp3) is 0.278. The number of aliphatic hydroxyl groups excluding tert-OH is 1. The van der Waals surface area contributed by atoms with Crippen molar-refractivity contribution in [3.63, 3.8) is 0 Å². The number of nitriles is 1. The van der Waals surface area contributed by atoms with E-state index in [0.717, 1.165) is 11.1 Å². The van der Waals surface area contributed by atoms with Crippen LogP contribution in [0.4, 0.5) is 4.39 Å². The fourth-order valence-electron chi connectivity index (χ4n) is 2.38. The molecule has 2 N–H and O–H groups in total. The third-order valence-electron chi connectivity index (χ3n) is 3.79. The lowest BCUT2D eigenvalue weighted by atomic mass is 10.0. The number of carbonyl (C=O) groups is 1. The average molecular weight is 396 g/mol. The molecule has 1 amide bonds. The van der Waals surface area contributed by atoms with Gasteiger partial charge in [-0.2, -0.15) is 5.26 Å². The molecule has 136 valence electrons. The highest BCUT2D eigenvalue weighted by molar-refractivity contribution is 6.53. The van der Waals surface area contributed by atoms with Crippen LogP contribution in [-0.4, -0.2) is 39.7 Å². The Bertz CT molecular complexity index is 783. The maximum Gasteiger partial charge on any atom is 0.253 e. The predicted octanol–water partition coefficient (Wildman–Crippen LogP) is 2.84. The number of aliphatic hydroxyl groups is 1. The summed E-state index contributed by atoms with van der Waals surface area (Å²) in [6, 6.07) is 4.20. The molecule has 0 spiro atoms. The molecular formula is C18H16Cl2FN3O2. The van der Waals surface area contributed by atoms with Crippen LogP contribution in [0.1, 0.15) is 17.7 Å². The first kappa shape index (κ1) is 20.1. The van der Waals surface area contributed by atoms with Crippen molar-refractivity contribution in [3.8, 4) is 6.07 Å². The van der Waals surface area contributed by atoms with Crippen LogP contribution < -0.4 is 5.32 Å². The van der Waals surface area contributed by atoms with Crippen LogP contribution >= 0.6 is 23.2 Å². The summed E-state index contributed by atoms with van der Waals surface area (Å²) >= 11 is 10.9. The molecule has 0 saturated carbocycles. The van der Waals surface area contributed by atoms with Crippen molar-refractivity contribution in [2.45, 2.75) is 23.4 Å². The first-order valence-electron chi connectivity index (χ1n) is 7.72. The van der Waals surface area contributed by atoms with Gasteiger partial charge < -0.3 is 10.4 Å². The number of nitrogens with one attached hydrogen (secondary N) is 1. The van der Waals surface area contributed by atoms with Crippen molar-refractivity contribution in [1.82, 2.24) is 10.3 Å². The van der Waals surface area contributed by atoms with Gasteiger partial charge in [-0.3, -0.25) is 4.79 Å². The second kappa shape index (κ2) is 9.48. The molecular weight excluding hydrogens is 380 g/mol. The number of allylic oxidation sites excluding steroid dienone is 4. The first-order valence-corrected chi connectivity index (χ1v) is 8.60. The van der Waals surface area contributed by atoms with Gasteiger partial charge >= 0.3 is 0 Å². The molecule has 0 aliphatic heterocycles. The molecule has 26 heavy (non-hydrogen) atoms. The van der Waals surface area contributed by atoms with Crippen molar-refractivity contribution < 1.29 is 14.3 Å². The smallest absolute Gasteiger partial charge is 0.253 e. The summed E-state index contributed by atoms with van der Waals surface area (Å²) in [6.45, 7) is -0.977. The monoisotopic (exact) mass is 395 g/mol. The van der Waals surface area contributed by atoms with E-state index in [2.05, 4.69) is 10.3 Å². The van der Waals surface area contributed by atoms with Gasteiger partial charge in [0.25, 0.3) is 5.91 Å². The van der Waals surface area contributed by atoms with Crippen LogP contribution in [0.3, 0.4) is 0 Å². The number of hydrogen-bond acceptors (Lipinski definition) is 4. The van der Waals surface area contributed by atoms with Crippen molar-refractivity contribution >= 4 is 34.7 Å². The van der Waals surface area contributed by atoms with Crippen LogP contribution in [0.25, 0.3) is 5.57 Å². The fourth-order valence-corrected chi connectivity index (χ4v) is 2.51. The molecule has 0 bridgehead atoms. The number of carbonyl (C=O) groups excluding carboxylic acids is 1. The van der Waals surface area contributed by atoms with Crippen LogP contribution in [0.2, 0.25) is 0 Å². The molecule has 2 atom stereocenters. The van der Waals surface area contributed by atoms with Gasteiger partial charge in [0.15, 0.2) is 4.84 Å². The van der Waals surface area contributed by atoms with Gasteiger partial charge in [-0.05, 0) is 29.2 Å². The summed E-state index contributed by atoms with van der Waals surface area (Å²) in [5.74, 6) is -0.770. The molecule has 0 saturated heterocycles. The molecule has 1 aromatic rings. The highest BCUT2D eigenvalue weighted by Crippen LogP contribution is 2.23. The number of hydrogen-bond donors (Lipinski definition) is 2. The molecule has 0 radical (unpaired) electrons. The topological polar surface area (TPSA) is 86.0 Å². The molecule has 0 fully saturated rings. The molecule has 1 aliphatic rings. The molecule has 2 rings (SSSR count). The van der Waals surface area contributed by atoms with Gasteiger partial charge in [0.2, 0.25) is 0 Å². The Hall–Kier alpha value is -2.20. The zero-order valence-corrected chi connectivity index (χ0v) is 15.1. The van der Waals surface area contributed by atoms with E-state index >= 15 is 0 Å². The molecule has 8 heteroatoms. The van der Waals surface area contributed by atoms with Crippen LogP contribution in [-0.2, 0) is 4.79 Å². The minimum atomic E-state index is -1.34. The van der Waals surface area contributed by atoms with Crippen molar-refractivity contribution in [2.24, 2.45) is 0 Å². The second-order valence-corrected chi connectivity index (χ2v) is 6.62. The van der Waals surface area contributed by atoms with Crippen LogP contribution in [0.15, 0.2) is 48.2 Å². The minimum absolute atomic E-state index is 0.323. The van der Waals surface area contributed by atoms with Gasteiger partial charge in [0, 0.05) is 6.20 Å². The Balaban J connectivity index is 2.18. The van der Waals surface area contributed by atoms with Gasteiger partial charge in [0.05, 0.1) is 6.04 Å². The molecule has 1 aromatic heterocycles. The summed E-state index contributed by atoms with van der Waals surface area (Å²) in [6.07, 6.45) is 7.81. The number of amides is 1. The van der Waals surface area contributed by atoms with Crippen molar-refractivity contribution in [2.75, 3.05) is 6.67 Å².